The van der Waals surface area contributed by atoms with Gasteiger partial charge in [0.1, 0.15) is 0 Å². The molecule has 0 heterocycles. The van der Waals surface area contributed by atoms with Crippen molar-refractivity contribution in [3.05, 3.63) is 29.8 Å². The van der Waals surface area contributed by atoms with Crippen molar-refractivity contribution in [1.82, 2.24) is 5.32 Å². The number of hydrogen-bond acceptors (Lipinski definition) is 2. The molecule has 0 radical (unpaired) electrons. The molecule has 21 heavy (non-hydrogen) atoms. The van der Waals surface area contributed by atoms with E-state index in [1.807, 2.05) is 4.90 Å². The Morgan fingerprint density at radius 3 is 2.33 bits per heavy atom. The summed E-state index contributed by atoms with van der Waals surface area (Å²) in [6.07, 6.45) is -0.388. The van der Waals surface area contributed by atoms with Crippen molar-refractivity contribution in [3.63, 3.8) is 0 Å². The van der Waals surface area contributed by atoms with Crippen LogP contribution >= 0.6 is 0 Å². The van der Waals surface area contributed by atoms with Crippen LogP contribution in [0.3, 0.4) is 0 Å². The number of halogens is 3. The van der Waals surface area contributed by atoms with E-state index in [0.29, 0.717) is 6.04 Å². The van der Waals surface area contributed by atoms with Gasteiger partial charge in [0, 0.05) is 24.8 Å². The number of hydrogen-bond donors (Lipinski definition) is 1. The van der Waals surface area contributed by atoms with Gasteiger partial charge in [-0.3, -0.25) is 0 Å². The molecule has 1 aliphatic rings. The summed E-state index contributed by atoms with van der Waals surface area (Å²) in [5.74, 6) is 0. The van der Waals surface area contributed by atoms with E-state index in [4.69, 9.17) is 0 Å². The fourth-order valence-electron chi connectivity index (χ4n) is 3.17. The van der Waals surface area contributed by atoms with E-state index in [1.54, 1.807) is 19.2 Å². The van der Waals surface area contributed by atoms with Gasteiger partial charge in [-0.2, -0.15) is 13.2 Å². The second-order valence-corrected chi connectivity index (χ2v) is 5.69. The summed E-state index contributed by atoms with van der Waals surface area (Å²) in [7, 11) is 1.78. The predicted molar refractivity (Wildman–Crippen MR) is 79.6 cm³/mol. The molecule has 0 spiro atoms. The van der Waals surface area contributed by atoms with Crippen LogP contribution in [0.5, 0.6) is 0 Å². The Bertz CT molecular complexity index is 451. The van der Waals surface area contributed by atoms with Gasteiger partial charge in [-0.1, -0.05) is 19.1 Å². The molecule has 1 aromatic rings. The van der Waals surface area contributed by atoms with Crippen LogP contribution in [-0.2, 0) is 6.18 Å². The lowest BCUT2D eigenvalue weighted by Crippen LogP contribution is -2.41. The summed E-state index contributed by atoms with van der Waals surface area (Å²) in [6.45, 7) is 3.03. The van der Waals surface area contributed by atoms with Gasteiger partial charge in [0.15, 0.2) is 0 Å². The summed E-state index contributed by atoms with van der Waals surface area (Å²) >= 11 is 0. The Balaban J connectivity index is 2.09. The number of benzene rings is 1. The average Bonchev–Trinajstić information content (AvgIpc) is 2.47. The molecule has 0 atom stereocenters. The molecule has 2 nitrogen and oxygen atoms in total. The zero-order chi connectivity index (χ0) is 15.5. The summed E-state index contributed by atoms with van der Waals surface area (Å²) in [6, 6.07) is 6.55. The van der Waals surface area contributed by atoms with E-state index in [9.17, 15) is 13.2 Å². The molecule has 1 saturated carbocycles. The van der Waals surface area contributed by atoms with Crippen molar-refractivity contribution in [3.8, 4) is 0 Å². The van der Waals surface area contributed by atoms with Crippen LogP contribution in [-0.4, -0.2) is 25.7 Å². The van der Waals surface area contributed by atoms with Gasteiger partial charge in [0.25, 0.3) is 0 Å². The van der Waals surface area contributed by atoms with Crippen LogP contribution in [0.15, 0.2) is 24.3 Å². The largest absolute Gasteiger partial charge is 0.418 e. The summed E-state index contributed by atoms with van der Waals surface area (Å²) in [5.41, 5.74) is -0.252. The zero-order valence-corrected chi connectivity index (χ0v) is 12.6. The lowest BCUT2D eigenvalue weighted by molar-refractivity contribution is -0.137. The maximum Gasteiger partial charge on any atom is 0.418 e. The standard InChI is InChI=1S/C16H23F3N2/c1-3-20-12-8-10-13(11-9-12)21(2)15-7-5-4-6-14(15)16(17,18)19/h4-7,12-13,20H,3,8-11H2,1-2H3. The molecule has 2 rings (SSSR count). The highest BCUT2D eigenvalue weighted by Crippen LogP contribution is 2.38. The summed E-state index contributed by atoms with van der Waals surface area (Å²) in [5, 5.41) is 3.42. The normalized spacial score (nSPS) is 23.1. The molecule has 1 aromatic carbocycles. The quantitative estimate of drug-likeness (QED) is 0.902. The molecule has 0 aliphatic heterocycles. The lowest BCUT2D eigenvalue weighted by atomic mass is 9.90. The summed E-state index contributed by atoms with van der Waals surface area (Å²) in [4.78, 5) is 1.81. The second kappa shape index (κ2) is 6.69. The number of anilines is 1. The van der Waals surface area contributed by atoms with E-state index < -0.39 is 11.7 Å². The number of nitrogens with zero attached hydrogens (tertiary/aromatic N) is 1. The molecule has 0 amide bonds. The summed E-state index contributed by atoms with van der Waals surface area (Å²) < 4.78 is 39.3. The highest BCUT2D eigenvalue weighted by molar-refractivity contribution is 5.55. The minimum absolute atomic E-state index is 0.184. The molecular weight excluding hydrogens is 277 g/mol. The lowest BCUT2D eigenvalue weighted by Gasteiger charge is -2.37. The van der Waals surface area contributed by atoms with Crippen LogP contribution < -0.4 is 10.2 Å². The van der Waals surface area contributed by atoms with Crippen LogP contribution in [0, 0.1) is 0 Å². The molecule has 5 heteroatoms. The Morgan fingerprint density at radius 1 is 1.14 bits per heavy atom. The van der Waals surface area contributed by atoms with Crippen molar-refractivity contribution in [2.75, 3.05) is 18.5 Å². The zero-order valence-electron chi connectivity index (χ0n) is 12.6. The minimum Gasteiger partial charge on any atom is -0.371 e. The van der Waals surface area contributed by atoms with Gasteiger partial charge >= 0.3 is 6.18 Å². The second-order valence-electron chi connectivity index (χ2n) is 5.69. The highest BCUT2D eigenvalue weighted by atomic mass is 19.4. The van der Waals surface area contributed by atoms with Gasteiger partial charge in [-0.15, -0.1) is 0 Å². The van der Waals surface area contributed by atoms with Crippen LogP contribution in [0.25, 0.3) is 0 Å². The Hall–Kier alpha value is -1.23. The molecule has 118 valence electrons. The molecule has 0 bridgehead atoms. The predicted octanol–water partition coefficient (Wildman–Crippen LogP) is 4.06. The maximum atomic E-state index is 13.1. The van der Waals surface area contributed by atoms with Crippen molar-refractivity contribution in [2.45, 2.75) is 50.9 Å². The SMILES string of the molecule is CCNC1CCC(N(C)c2ccccc2C(F)(F)F)CC1. The molecule has 0 unspecified atom stereocenters. The fourth-order valence-corrected chi connectivity index (χ4v) is 3.17. The van der Waals surface area contributed by atoms with Crippen molar-refractivity contribution in [2.24, 2.45) is 0 Å². The third-order valence-electron chi connectivity index (χ3n) is 4.33. The molecular formula is C16H23F3N2. The van der Waals surface area contributed by atoms with Gasteiger partial charge in [0.2, 0.25) is 0 Å². The minimum atomic E-state index is -4.30. The average molecular weight is 300 g/mol. The Kier molecular flexibility index (Phi) is 5.14. The third-order valence-corrected chi connectivity index (χ3v) is 4.33. The Morgan fingerprint density at radius 2 is 1.76 bits per heavy atom. The van der Waals surface area contributed by atoms with Crippen molar-refractivity contribution in [1.29, 1.82) is 0 Å². The molecule has 1 N–H and O–H groups in total. The number of rotatable bonds is 4. The van der Waals surface area contributed by atoms with Gasteiger partial charge in [-0.05, 0) is 44.4 Å². The first-order chi connectivity index (χ1) is 9.93. The van der Waals surface area contributed by atoms with Gasteiger partial charge in [0.05, 0.1) is 5.56 Å². The Labute approximate surface area is 124 Å². The first kappa shape index (κ1) is 16.1. The van der Waals surface area contributed by atoms with Crippen LogP contribution in [0.4, 0.5) is 18.9 Å². The topological polar surface area (TPSA) is 15.3 Å². The van der Waals surface area contributed by atoms with E-state index in [0.717, 1.165) is 38.3 Å². The first-order valence-electron chi connectivity index (χ1n) is 7.56. The number of alkyl halides is 3. The molecule has 0 aromatic heterocycles. The van der Waals surface area contributed by atoms with Crippen LogP contribution in [0.1, 0.15) is 38.2 Å². The van der Waals surface area contributed by atoms with E-state index in [1.165, 1.54) is 6.07 Å². The molecule has 1 aliphatic carbocycles. The number of para-hydroxylation sites is 1. The highest BCUT2D eigenvalue weighted by Gasteiger charge is 2.35. The smallest absolute Gasteiger partial charge is 0.371 e. The molecule has 1 fully saturated rings. The van der Waals surface area contributed by atoms with E-state index >= 15 is 0 Å². The van der Waals surface area contributed by atoms with Crippen molar-refractivity contribution >= 4 is 5.69 Å². The van der Waals surface area contributed by atoms with Gasteiger partial charge in [-0.25, -0.2) is 0 Å². The van der Waals surface area contributed by atoms with E-state index in [-0.39, 0.29) is 11.7 Å². The number of nitrogens with one attached hydrogen (secondary N) is 1. The first-order valence-corrected chi connectivity index (χ1v) is 7.56. The van der Waals surface area contributed by atoms with Crippen LogP contribution in [0.2, 0.25) is 0 Å². The van der Waals surface area contributed by atoms with Crippen molar-refractivity contribution < 1.29 is 13.2 Å². The van der Waals surface area contributed by atoms with Gasteiger partial charge < -0.3 is 10.2 Å². The molecule has 0 saturated heterocycles. The monoisotopic (exact) mass is 300 g/mol. The maximum absolute atomic E-state index is 13.1. The van der Waals surface area contributed by atoms with E-state index in [2.05, 4.69) is 12.2 Å². The fraction of sp³-hybridized carbons (Fsp3) is 0.625. The third kappa shape index (κ3) is 3.90.